The fourth-order valence-corrected chi connectivity index (χ4v) is 3.89. The minimum absolute atomic E-state index is 0.231. The zero-order valence-electron chi connectivity index (χ0n) is 15.0. The Morgan fingerprint density at radius 1 is 1.26 bits per heavy atom. The average Bonchev–Trinajstić information content (AvgIpc) is 3.11. The number of hydrogen-bond acceptors (Lipinski definition) is 9. The van der Waals surface area contributed by atoms with Crippen molar-refractivity contribution in [2.45, 2.75) is 0 Å². The van der Waals surface area contributed by atoms with Gasteiger partial charge >= 0.3 is 0 Å². The number of hydrogen-bond donors (Lipinski definition) is 1. The first-order valence-corrected chi connectivity index (χ1v) is 9.44. The van der Waals surface area contributed by atoms with E-state index in [0.29, 0.717) is 25.6 Å². The number of nitrogens with zero attached hydrogens (tertiary/aromatic N) is 5. The molecular formula is C18H20N6O2S. The SMILES string of the molecule is COC/C=C/c1cc2nc(-c3cnc(N)nc3)nc(N3CCOCC3)c2s1. The van der Waals surface area contributed by atoms with Gasteiger partial charge in [0.1, 0.15) is 0 Å². The van der Waals surface area contributed by atoms with E-state index in [4.69, 9.17) is 25.2 Å². The van der Waals surface area contributed by atoms with Crippen LogP contribution < -0.4 is 10.6 Å². The number of methoxy groups -OCH3 is 1. The normalized spacial score (nSPS) is 15.1. The second-order valence-electron chi connectivity index (χ2n) is 6.02. The zero-order chi connectivity index (χ0) is 18.6. The Balaban J connectivity index is 1.81. The number of morpholine rings is 1. The largest absolute Gasteiger partial charge is 0.381 e. The Labute approximate surface area is 160 Å². The summed E-state index contributed by atoms with van der Waals surface area (Å²) in [5.41, 5.74) is 7.24. The summed E-state index contributed by atoms with van der Waals surface area (Å²) in [5.74, 6) is 1.75. The molecule has 1 aliphatic rings. The molecule has 0 atom stereocenters. The van der Waals surface area contributed by atoms with Gasteiger partial charge in [-0.3, -0.25) is 0 Å². The van der Waals surface area contributed by atoms with Crippen molar-refractivity contribution < 1.29 is 9.47 Å². The average molecular weight is 384 g/mol. The number of nitrogen functional groups attached to an aromatic ring is 1. The van der Waals surface area contributed by atoms with Gasteiger partial charge in [0.25, 0.3) is 0 Å². The molecule has 1 aliphatic heterocycles. The third-order valence-corrected chi connectivity index (χ3v) is 5.24. The highest BCUT2D eigenvalue weighted by Gasteiger charge is 2.20. The van der Waals surface area contributed by atoms with Crippen LogP contribution in [0.5, 0.6) is 0 Å². The minimum atomic E-state index is 0.231. The smallest absolute Gasteiger partial charge is 0.219 e. The van der Waals surface area contributed by atoms with Gasteiger partial charge in [0.2, 0.25) is 5.95 Å². The van der Waals surface area contributed by atoms with Crippen molar-refractivity contribution in [1.29, 1.82) is 0 Å². The minimum Gasteiger partial charge on any atom is -0.381 e. The van der Waals surface area contributed by atoms with Crippen molar-refractivity contribution in [2.24, 2.45) is 0 Å². The van der Waals surface area contributed by atoms with Gasteiger partial charge in [0.05, 0.1) is 35.6 Å². The van der Waals surface area contributed by atoms with Crippen LogP contribution in [0.25, 0.3) is 27.7 Å². The predicted molar refractivity (Wildman–Crippen MR) is 107 cm³/mol. The first-order chi connectivity index (χ1) is 13.2. The van der Waals surface area contributed by atoms with Crippen LogP contribution in [-0.2, 0) is 9.47 Å². The van der Waals surface area contributed by atoms with Gasteiger partial charge in [-0.25, -0.2) is 19.9 Å². The maximum absolute atomic E-state index is 5.60. The number of anilines is 2. The summed E-state index contributed by atoms with van der Waals surface area (Å²) in [5, 5.41) is 0. The number of thiophene rings is 1. The fourth-order valence-electron chi connectivity index (χ4n) is 2.85. The molecule has 0 bridgehead atoms. The van der Waals surface area contributed by atoms with Gasteiger partial charge < -0.3 is 20.1 Å². The van der Waals surface area contributed by atoms with E-state index in [-0.39, 0.29) is 5.95 Å². The summed E-state index contributed by atoms with van der Waals surface area (Å²) in [6.45, 7) is 3.56. The van der Waals surface area contributed by atoms with Crippen molar-refractivity contribution in [3.05, 3.63) is 29.4 Å². The van der Waals surface area contributed by atoms with Gasteiger partial charge in [-0.05, 0) is 12.1 Å². The quantitative estimate of drug-likeness (QED) is 0.715. The van der Waals surface area contributed by atoms with E-state index in [2.05, 4.69) is 20.9 Å². The molecule has 3 aromatic rings. The lowest BCUT2D eigenvalue weighted by molar-refractivity contribution is 0.122. The topological polar surface area (TPSA) is 99.3 Å². The molecular weight excluding hydrogens is 364 g/mol. The van der Waals surface area contributed by atoms with E-state index in [1.54, 1.807) is 30.8 Å². The molecule has 0 unspecified atom stereocenters. The van der Waals surface area contributed by atoms with Crippen molar-refractivity contribution in [2.75, 3.05) is 50.7 Å². The third kappa shape index (κ3) is 3.90. The highest BCUT2D eigenvalue weighted by Crippen LogP contribution is 2.34. The molecule has 0 aromatic carbocycles. The summed E-state index contributed by atoms with van der Waals surface area (Å²) in [6, 6.07) is 2.07. The monoisotopic (exact) mass is 384 g/mol. The standard InChI is InChI=1S/C18H20N6O2S/c1-25-6-2-3-13-9-14-15(27-13)17(24-4-7-26-8-5-24)23-16(22-14)12-10-20-18(19)21-11-12/h2-3,9-11H,4-8H2,1H3,(H2,19,20,21)/b3-2+. The highest BCUT2D eigenvalue weighted by atomic mass is 32.1. The van der Waals surface area contributed by atoms with E-state index in [9.17, 15) is 0 Å². The van der Waals surface area contributed by atoms with Gasteiger partial charge in [0, 0.05) is 37.5 Å². The van der Waals surface area contributed by atoms with E-state index < -0.39 is 0 Å². The summed E-state index contributed by atoms with van der Waals surface area (Å²) >= 11 is 1.67. The molecule has 3 aromatic heterocycles. The van der Waals surface area contributed by atoms with E-state index in [1.807, 2.05) is 12.2 Å². The molecule has 4 rings (SSSR count). The van der Waals surface area contributed by atoms with Crippen LogP contribution in [-0.4, -0.2) is 60.0 Å². The first-order valence-electron chi connectivity index (χ1n) is 8.62. The van der Waals surface area contributed by atoms with Gasteiger partial charge in [-0.2, -0.15) is 0 Å². The second kappa shape index (κ2) is 7.95. The van der Waals surface area contributed by atoms with Crippen molar-refractivity contribution in [1.82, 2.24) is 19.9 Å². The molecule has 0 spiro atoms. The van der Waals surface area contributed by atoms with E-state index >= 15 is 0 Å². The maximum atomic E-state index is 5.60. The van der Waals surface area contributed by atoms with Crippen LogP contribution in [0.2, 0.25) is 0 Å². The van der Waals surface area contributed by atoms with E-state index in [0.717, 1.165) is 39.6 Å². The Hall–Kier alpha value is -2.62. The number of fused-ring (bicyclic) bond motifs is 1. The third-order valence-electron chi connectivity index (χ3n) is 4.16. The molecule has 4 heterocycles. The Morgan fingerprint density at radius 2 is 2.04 bits per heavy atom. The fraction of sp³-hybridized carbons (Fsp3) is 0.333. The van der Waals surface area contributed by atoms with Crippen LogP contribution in [0.3, 0.4) is 0 Å². The molecule has 9 heteroatoms. The molecule has 140 valence electrons. The van der Waals surface area contributed by atoms with Gasteiger partial charge in [-0.15, -0.1) is 11.3 Å². The van der Waals surface area contributed by atoms with Crippen molar-refractivity contribution in [3.8, 4) is 11.4 Å². The predicted octanol–water partition coefficient (Wildman–Crippen LogP) is 2.23. The Bertz CT molecular complexity index is 950. The lowest BCUT2D eigenvalue weighted by Crippen LogP contribution is -2.36. The van der Waals surface area contributed by atoms with Crippen molar-refractivity contribution >= 4 is 39.4 Å². The summed E-state index contributed by atoms with van der Waals surface area (Å²) in [4.78, 5) is 21.0. The molecule has 0 radical (unpaired) electrons. The summed E-state index contributed by atoms with van der Waals surface area (Å²) in [6.07, 6.45) is 7.34. The summed E-state index contributed by atoms with van der Waals surface area (Å²) in [7, 11) is 1.68. The van der Waals surface area contributed by atoms with Crippen molar-refractivity contribution in [3.63, 3.8) is 0 Å². The maximum Gasteiger partial charge on any atom is 0.219 e. The molecule has 0 amide bonds. The summed E-state index contributed by atoms with van der Waals surface area (Å²) < 4.78 is 11.6. The van der Waals surface area contributed by atoms with Crippen LogP contribution in [0, 0.1) is 0 Å². The molecule has 27 heavy (non-hydrogen) atoms. The van der Waals surface area contributed by atoms with Crippen LogP contribution in [0.15, 0.2) is 24.5 Å². The van der Waals surface area contributed by atoms with Crippen LogP contribution >= 0.6 is 11.3 Å². The van der Waals surface area contributed by atoms with Gasteiger partial charge in [-0.1, -0.05) is 6.08 Å². The Morgan fingerprint density at radius 3 is 2.78 bits per heavy atom. The molecule has 0 aliphatic carbocycles. The molecule has 1 saturated heterocycles. The first kappa shape index (κ1) is 17.8. The lowest BCUT2D eigenvalue weighted by atomic mass is 10.3. The van der Waals surface area contributed by atoms with Crippen LogP contribution in [0.1, 0.15) is 4.88 Å². The Kier molecular flexibility index (Phi) is 5.23. The van der Waals surface area contributed by atoms with Gasteiger partial charge in [0.15, 0.2) is 11.6 Å². The number of nitrogens with two attached hydrogens (primary N) is 1. The number of ether oxygens (including phenoxy) is 2. The molecule has 1 fully saturated rings. The van der Waals surface area contributed by atoms with Crippen LogP contribution in [0.4, 0.5) is 11.8 Å². The molecule has 2 N–H and O–H groups in total. The lowest BCUT2D eigenvalue weighted by Gasteiger charge is -2.28. The second-order valence-corrected chi connectivity index (χ2v) is 7.10. The van der Waals surface area contributed by atoms with E-state index in [1.165, 1.54) is 0 Å². The number of aromatic nitrogens is 4. The highest BCUT2D eigenvalue weighted by molar-refractivity contribution is 7.20. The molecule has 0 saturated carbocycles. The zero-order valence-corrected chi connectivity index (χ0v) is 15.8. The number of rotatable bonds is 5. The molecule has 8 nitrogen and oxygen atoms in total.